The maximum atomic E-state index is 12.4. The first-order valence-corrected chi connectivity index (χ1v) is 9.63. The van der Waals surface area contributed by atoms with E-state index in [-0.39, 0.29) is 5.91 Å². The fourth-order valence-corrected chi connectivity index (χ4v) is 3.77. The largest absolute Gasteiger partial charge is 0.343 e. The van der Waals surface area contributed by atoms with Crippen molar-refractivity contribution in [3.05, 3.63) is 34.9 Å². The summed E-state index contributed by atoms with van der Waals surface area (Å²) in [5.74, 6) is 1.80. The zero-order valence-corrected chi connectivity index (χ0v) is 16.1. The molecule has 27 heavy (non-hydrogen) atoms. The van der Waals surface area contributed by atoms with Crippen LogP contribution in [0, 0.1) is 13.8 Å². The molecule has 0 atom stereocenters. The molecule has 0 unspecified atom stereocenters. The SMILES string of the molecule is CCc1nnc2ccc(-n3nc(C)c(CCC(=O)N4CCCC4)c3C)nn12. The Bertz CT molecular complexity index is 982. The predicted octanol–water partition coefficient (Wildman–Crippen LogP) is 2.04. The van der Waals surface area contributed by atoms with Crippen LogP contribution in [0.2, 0.25) is 0 Å². The van der Waals surface area contributed by atoms with Crippen molar-refractivity contribution in [2.45, 2.75) is 52.9 Å². The highest BCUT2D eigenvalue weighted by atomic mass is 16.2. The van der Waals surface area contributed by atoms with Gasteiger partial charge in [-0.25, -0.2) is 4.68 Å². The molecule has 4 rings (SSSR count). The normalized spacial score (nSPS) is 14.4. The molecular weight excluding hydrogens is 342 g/mol. The highest BCUT2D eigenvalue weighted by Crippen LogP contribution is 2.20. The topological polar surface area (TPSA) is 81.2 Å². The Morgan fingerprint density at radius 1 is 1.11 bits per heavy atom. The smallest absolute Gasteiger partial charge is 0.222 e. The van der Waals surface area contributed by atoms with Crippen molar-refractivity contribution in [3.63, 3.8) is 0 Å². The van der Waals surface area contributed by atoms with Crippen LogP contribution in [-0.2, 0) is 17.6 Å². The number of carbonyl (C=O) groups excluding carboxylic acids is 1. The van der Waals surface area contributed by atoms with Crippen LogP contribution in [0.4, 0.5) is 0 Å². The maximum absolute atomic E-state index is 12.4. The first-order valence-electron chi connectivity index (χ1n) is 9.63. The molecule has 8 nitrogen and oxygen atoms in total. The molecule has 0 radical (unpaired) electrons. The van der Waals surface area contributed by atoms with Crippen molar-refractivity contribution in [1.82, 2.24) is 34.5 Å². The number of fused-ring (bicyclic) bond motifs is 1. The van der Waals surface area contributed by atoms with Gasteiger partial charge in [0, 0.05) is 31.6 Å². The second-order valence-electron chi connectivity index (χ2n) is 7.08. The third kappa shape index (κ3) is 3.20. The van der Waals surface area contributed by atoms with E-state index >= 15 is 0 Å². The zero-order valence-electron chi connectivity index (χ0n) is 16.1. The standard InChI is InChI=1S/C19H25N7O/c1-4-16-20-21-17-8-9-18(23-26(16)17)25-14(3)15(13(2)22-25)7-10-19(27)24-11-5-6-12-24/h8-9H,4-7,10-12H2,1-3H3. The molecule has 0 bridgehead atoms. The average molecular weight is 367 g/mol. The number of carbonyl (C=O) groups is 1. The van der Waals surface area contributed by atoms with Crippen molar-refractivity contribution >= 4 is 11.6 Å². The molecular formula is C19H25N7O. The first-order chi connectivity index (χ1) is 13.1. The minimum Gasteiger partial charge on any atom is -0.343 e. The highest BCUT2D eigenvalue weighted by Gasteiger charge is 2.20. The lowest BCUT2D eigenvalue weighted by atomic mass is 10.1. The minimum absolute atomic E-state index is 0.246. The number of likely N-dealkylation sites (tertiary alicyclic amines) is 1. The van der Waals surface area contributed by atoms with Crippen LogP contribution in [0.3, 0.4) is 0 Å². The first kappa shape index (κ1) is 17.6. The number of hydrogen-bond acceptors (Lipinski definition) is 5. The molecule has 8 heteroatoms. The van der Waals surface area contributed by atoms with Gasteiger partial charge in [0.25, 0.3) is 0 Å². The molecule has 0 saturated carbocycles. The molecule has 1 aliphatic heterocycles. The summed E-state index contributed by atoms with van der Waals surface area (Å²) in [5.41, 5.74) is 3.83. The Morgan fingerprint density at radius 2 is 1.89 bits per heavy atom. The van der Waals surface area contributed by atoms with Crippen molar-refractivity contribution in [3.8, 4) is 5.82 Å². The summed E-state index contributed by atoms with van der Waals surface area (Å²) in [6, 6.07) is 3.81. The van der Waals surface area contributed by atoms with Gasteiger partial charge in [0.1, 0.15) is 0 Å². The number of rotatable bonds is 5. The molecule has 1 fully saturated rings. The van der Waals surface area contributed by atoms with E-state index in [9.17, 15) is 4.79 Å². The monoisotopic (exact) mass is 367 g/mol. The van der Waals surface area contributed by atoms with E-state index in [1.165, 1.54) is 0 Å². The Labute approximate surface area is 158 Å². The summed E-state index contributed by atoms with van der Waals surface area (Å²) >= 11 is 0. The van der Waals surface area contributed by atoms with Gasteiger partial charge < -0.3 is 4.90 Å². The number of aromatic nitrogens is 6. The van der Waals surface area contributed by atoms with Crippen LogP contribution in [0.5, 0.6) is 0 Å². The molecule has 3 aromatic rings. The van der Waals surface area contributed by atoms with E-state index in [1.807, 2.05) is 42.5 Å². The number of nitrogens with zero attached hydrogens (tertiary/aromatic N) is 7. The third-order valence-electron chi connectivity index (χ3n) is 5.34. The summed E-state index contributed by atoms with van der Waals surface area (Å²) in [7, 11) is 0. The zero-order chi connectivity index (χ0) is 19.0. The van der Waals surface area contributed by atoms with E-state index in [1.54, 1.807) is 4.52 Å². The number of amides is 1. The van der Waals surface area contributed by atoms with Crippen LogP contribution < -0.4 is 0 Å². The Kier molecular flexibility index (Phi) is 4.63. The lowest BCUT2D eigenvalue weighted by Crippen LogP contribution is -2.27. The summed E-state index contributed by atoms with van der Waals surface area (Å²) in [4.78, 5) is 14.3. The summed E-state index contributed by atoms with van der Waals surface area (Å²) in [6.07, 6.45) is 4.25. The summed E-state index contributed by atoms with van der Waals surface area (Å²) < 4.78 is 3.62. The van der Waals surface area contributed by atoms with E-state index in [2.05, 4.69) is 20.4 Å². The number of aryl methyl sites for hydroxylation is 2. The maximum Gasteiger partial charge on any atom is 0.222 e. The molecule has 0 spiro atoms. The van der Waals surface area contributed by atoms with Crippen molar-refractivity contribution in [2.75, 3.05) is 13.1 Å². The minimum atomic E-state index is 0.246. The highest BCUT2D eigenvalue weighted by molar-refractivity contribution is 5.76. The van der Waals surface area contributed by atoms with Crippen LogP contribution in [0.15, 0.2) is 12.1 Å². The molecule has 0 aromatic carbocycles. The lowest BCUT2D eigenvalue weighted by molar-refractivity contribution is -0.130. The van der Waals surface area contributed by atoms with E-state index in [4.69, 9.17) is 0 Å². The molecule has 1 aliphatic rings. The molecule has 1 amide bonds. The van der Waals surface area contributed by atoms with Crippen LogP contribution >= 0.6 is 0 Å². The van der Waals surface area contributed by atoms with Crippen LogP contribution in [0.25, 0.3) is 11.5 Å². The average Bonchev–Trinajstić information content (AvgIpc) is 3.39. The van der Waals surface area contributed by atoms with Crippen molar-refractivity contribution in [2.24, 2.45) is 0 Å². The Hall–Kier alpha value is -2.77. The van der Waals surface area contributed by atoms with Crippen molar-refractivity contribution in [1.29, 1.82) is 0 Å². The van der Waals surface area contributed by atoms with Gasteiger partial charge in [0.05, 0.1) is 5.69 Å². The second kappa shape index (κ2) is 7.09. The van der Waals surface area contributed by atoms with Gasteiger partial charge in [-0.1, -0.05) is 6.92 Å². The molecule has 142 valence electrons. The van der Waals surface area contributed by atoms with Gasteiger partial charge in [-0.15, -0.1) is 15.3 Å². The van der Waals surface area contributed by atoms with Gasteiger partial charge in [0.15, 0.2) is 17.3 Å². The fourth-order valence-electron chi connectivity index (χ4n) is 3.77. The molecule has 3 aromatic heterocycles. The second-order valence-corrected chi connectivity index (χ2v) is 7.08. The van der Waals surface area contributed by atoms with E-state index in [0.717, 1.165) is 66.6 Å². The summed E-state index contributed by atoms with van der Waals surface area (Å²) in [6.45, 7) is 7.86. The van der Waals surface area contributed by atoms with Gasteiger partial charge in [-0.3, -0.25) is 4.79 Å². The van der Waals surface area contributed by atoms with Crippen molar-refractivity contribution < 1.29 is 4.79 Å². The van der Waals surface area contributed by atoms with Gasteiger partial charge in [-0.2, -0.15) is 9.61 Å². The molecule has 1 saturated heterocycles. The van der Waals surface area contributed by atoms with Gasteiger partial charge in [0.2, 0.25) is 5.91 Å². The van der Waals surface area contributed by atoms with Crippen LogP contribution in [-0.4, -0.2) is 53.5 Å². The molecule has 0 aliphatic carbocycles. The van der Waals surface area contributed by atoms with Gasteiger partial charge >= 0.3 is 0 Å². The van der Waals surface area contributed by atoms with E-state index < -0.39 is 0 Å². The van der Waals surface area contributed by atoms with Crippen LogP contribution in [0.1, 0.15) is 49.0 Å². The fraction of sp³-hybridized carbons (Fsp3) is 0.526. The summed E-state index contributed by atoms with van der Waals surface area (Å²) in [5, 5.41) is 17.6. The lowest BCUT2D eigenvalue weighted by Gasteiger charge is -2.15. The molecule has 4 heterocycles. The predicted molar refractivity (Wildman–Crippen MR) is 101 cm³/mol. The molecule has 0 N–H and O–H groups in total. The van der Waals surface area contributed by atoms with E-state index in [0.29, 0.717) is 12.8 Å². The van der Waals surface area contributed by atoms with Gasteiger partial charge in [-0.05, 0) is 50.8 Å². The number of hydrogen-bond donors (Lipinski definition) is 0. The Morgan fingerprint density at radius 3 is 2.63 bits per heavy atom. The Balaban J connectivity index is 1.59. The third-order valence-corrected chi connectivity index (χ3v) is 5.34. The quantitative estimate of drug-likeness (QED) is 0.689.